The van der Waals surface area contributed by atoms with Crippen molar-refractivity contribution in [1.82, 2.24) is 4.98 Å². The Bertz CT molecular complexity index is 592. The maximum absolute atomic E-state index is 12.4. The van der Waals surface area contributed by atoms with Crippen LogP contribution in [-0.4, -0.2) is 4.98 Å². The van der Waals surface area contributed by atoms with E-state index in [0.717, 1.165) is 12.1 Å². The minimum atomic E-state index is -4.33. The summed E-state index contributed by atoms with van der Waals surface area (Å²) < 4.78 is 37.3. The lowest BCUT2D eigenvalue weighted by molar-refractivity contribution is -0.137. The minimum absolute atomic E-state index is 0.553. The van der Waals surface area contributed by atoms with E-state index in [2.05, 4.69) is 10.9 Å². The molecular formula is C14H8F3N. The molecule has 4 heteroatoms. The van der Waals surface area contributed by atoms with Crippen molar-refractivity contribution in [3.8, 4) is 23.5 Å². The molecule has 1 aromatic carbocycles. The molecule has 0 aliphatic heterocycles. The summed E-state index contributed by atoms with van der Waals surface area (Å²) in [5.41, 5.74) is 1.21. The van der Waals surface area contributed by atoms with E-state index in [0.29, 0.717) is 16.7 Å². The Morgan fingerprint density at radius 3 is 2.28 bits per heavy atom. The zero-order chi connectivity index (χ0) is 13.2. The van der Waals surface area contributed by atoms with Gasteiger partial charge in [-0.3, -0.25) is 4.98 Å². The molecule has 1 nitrogen and oxygen atoms in total. The summed E-state index contributed by atoms with van der Waals surface area (Å²) in [6, 6.07) is 6.56. The van der Waals surface area contributed by atoms with Crippen LogP contribution in [0.15, 0.2) is 42.7 Å². The molecule has 1 heterocycles. The van der Waals surface area contributed by atoms with E-state index in [4.69, 9.17) is 6.42 Å². The molecule has 2 aromatic rings. The van der Waals surface area contributed by atoms with E-state index in [-0.39, 0.29) is 0 Å². The number of halogens is 3. The van der Waals surface area contributed by atoms with Crippen molar-refractivity contribution in [1.29, 1.82) is 0 Å². The number of benzene rings is 1. The van der Waals surface area contributed by atoms with Gasteiger partial charge in [-0.15, -0.1) is 6.42 Å². The second-order valence-electron chi connectivity index (χ2n) is 3.64. The highest BCUT2D eigenvalue weighted by Crippen LogP contribution is 2.31. The summed E-state index contributed by atoms with van der Waals surface area (Å²) in [6.45, 7) is 0. The van der Waals surface area contributed by atoms with E-state index >= 15 is 0 Å². The van der Waals surface area contributed by atoms with Crippen molar-refractivity contribution in [2.24, 2.45) is 0 Å². The smallest absolute Gasteiger partial charge is 0.263 e. The van der Waals surface area contributed by atoms with E-state index < -0.39 is 11.7 Å². The standard InChI is InChI=1S/C14H8F3N/c1-2-10-9-18-8-7-13(10)11-3-5-12(6-4-11)14(15,16)17/h1,3-9H. The Labute approximate surface area is 102 Å². The van der Waals surface area contributed by atoms with Crippen LogP contribution >= 0.6 is 0 Å². The summed E-state index contributed by atoms with van der Waals surface area (Å²) >= 11 is 0. The zero-order valence-corrected chi connectivity index (χ0v) is 9.20. The third-order valence-corrected chi connectivity index (χ3v) is 2.50. The van der Waals surface area contributed by atoms with Gasteiger partial charge in [-0.25, -0.2) is 0 Å². The van der Waals surface area contributed by atoms with Gasteiger partial charge in [0.15, 0.2) is 0 Å². The van der Waals surface area contributed by atoms with Crippen LogP contribution in [0, 0.1) is 12.3 Å². The van der Waals surface area contributed by atoms with Gasteiger partial charge >= 0.3 is 6.18 Å². The van der Waals surface area contributed by atoms with Crippen molar-refractivity contribution < 1.29 is 13.2 Å². The predicted molar refractivity (Wildman–Crippen MR) is 62.6 cm³/mol. The minimum Gasteiger partial charge on any atom is -0.263 e. The number of alkyl halides is 3. The largest absolute Gasteiger partial charge is 0.416 e. The molecule has 2 rings (SSSR count). The van der Waals surface area contributed by atoms with Gasteiger partial charge in [-0.2, -0.15) is 13.2 Å². The molecule has 1 aromatic heterocycles. The lowest BCUT2D eigenvalue weighted by atomic mass is 10.0. The normalized spacial score (nSPS) is 11.0. The van der Waals surface area contributed by atoms with Crippen molar-refractivity contribution in [2.75, 3.05) is 0 Å². The highest BCUT2D eigenvalue weighted by molar-refractivity contribution is 5.70. The van der Waals surface area contributed by atoms with Crippen molar-refractivity contribution >= 4 is 0 Å². The number of nitrogens with zero attached hydrogens (tertiary/aromatic N) is 1. The van der Waals surface area contributed by atoms with Crippen LogP contribution in [0.25, 0.3) is 11.1 Å². The van der Waals surface area contributed by atoms with Crippen LogP contribution in [0.1, 0.15) is 11.1 Å². The first kappa shape index (κ1) is 12.2. The number of rotatable bonds is 1. The monoisotopic (exact) mass is 247 g/mol. The van der Waals surface area contributed by atoms with Crippen molar-refractivity contribution in [3.05, 3.63) is 53.9 Å². The molecule has 0 aliphatic carbocycles. The van der Waals surface area contributed by atoms with Crippen LogP contribution in [0.3, 0.4) is 0 Å². The summed E-state index contributed by atoms with van der Waals surface area (Å²) in [4.78, 5) is 3.88. The van der Waals surface area contributed by atoms with Gasteiger partial charge in [0.25, 0.3) is 0 Å². The molecule has 0 atom stereocenters. The third-order valence-electron chi connectivity index (χ3n) is 2.50. The topological polar surface area (TPSA) is 12.9 Å². The Hall–Kier alpha value is -2.28. The van der Waals surface area contributed by atoms with E-state index in [1.807, 2.05) is 0 Å². The SMILES string of the molecule is C#Cc1cnccc1-c1ccc(C(F)(F)F)cc1. The second-order valence-corrected chi connectivity index (χ2v) is 3.64. The molecule has 0 bridgehead atoms. The number of aromatic nitrogens is 1. The number of pyridine rings is 1. The maximum Gasteiger partial charge on any atom is 0.416 e. The molecule has 90 valence electrons. The molecular weight excluding hydrogens is 239 g/mol. The Morgan fingerprint density at radius 1 is 1.06 bits per heavy atom. The maximum atomic E-state index is 12.4. The van der Waals surface area contributed by atoms with Gasteiger partial charge in [-0.05, 0) is 23.8 Å². The van der Waals surface area contributed by atoms with Gasteiger partial charge in [-0.1, -0.05) is 18.1 Å². The third kappa shape index (κ3) is 2.35. The first-order chi connectivity index (χ1) is 8.52. The number of terminal acetylenes is 1. The average Bonchev–Trinajstić information content (AvgIpc) is 2.38. The Morgan fingerprint density at radius 2 is 1.72 bits per heavy atom. The van der Waals surface area contributed by atoms with Crippen LogP contribution in [0.5, 0.6) is 0 Å². The van der Waals surface area contributed by atoms with E-state index in [1.165, 1.54) is 18.3 Å². The molecule has 0 unspecified atom stereocenters. The second kappa shape index (κ2) is 4.53. The first-order valence-electron chi connectivity index (χ1n) is 5.10. The fourth-order valence-electron chi connectivity index (χ4n) is 1.60. The van der Waals surface area contributed by atoms with Crippen molar-refractivity contribution in [2.45, 2.75) is 6.18 Å². The summed E-state index contributed by atoms with van der Waals surface area (Å²) in [7, 11) is 0. The van der Waals surface area contributed by atoms with Gasteiger partial charge in [0.05, 0.1) is 11.1 Å². The Kier molecular flexibility index (Phi) is 3.07. The van der Waals surface area contributed by atoms with E-state index in [1.54, 1.807) is 12.3 Å². The molecule has 0 saturated carbocycles. The van der Waals surface area contributed by atoms with Crippen LogP contribution in [0.4, 0.5) is 13.2 Å². The van der Waals surface area contributed by atoms with Crippen molar-refractivity contribution in [3.63, 3.8) is 0 Å². The zero-order valence-electron chi connectivity index (χ0n) is 9.20. The molecule has 0 amide bonds. The van der Waals surface area contributed by atoms with Gasteiger partial charge in [0, 0.05) is 18.0 Å². The van der Waals surface area contributed by atoms with Gasteiger partial charge in [0.2, 0.25) is 0 Å². The summed E-state index contributed by atoms with van der Waals surface area (Å²) in [6.07, 6.45) is 4.05. The van der Waals surface area contributed by atoms with Gasteiger partial charge in [0.1, 0.15) is 0 Å². The highest BCUT2D eigenvalue weighted by Gasteiger charge is 2.29. The van der Waals surface area contributed by atoms with Crippen LogP contribution < -0.4 is 0 Å². The quantitative estimate of drug-likeness (QED) is 0.699. The fourth-order valence-corrected chi connectivity index (χ4v) is 1.60. The van der Waals surface area contributed by atoms with Crippen LogP contribution in [0.2, 0.25) is 0 Å². The van der Waals surface area contributed by atoms with Gasteiger partial charge < -0.3 is 0 Å². The predicted octanol–water partition coefficient (Wildman–Crippen LogP) is 3.75. The average molecular weight is 247 g/mol. The summed E-state index contributed by atoms with van der Waals surface area (Å²) in [5.74, 6) is 2.45. The molecule has 0 saturated heterocycles. The molecule has 0 spiro atoms. The van der Waals surface area contributed by atoms with Crippen LogP contribution in [-0.2, 0) is 6.18 Å². The molecule has 18 heavy (non-hydrogen) atoms. The lowest BCUT2D eigenvalue weighted by Crippen LogP contribution is -2.04. The molecule has 0 aliphatic rings. The molecule has 0 N–H and O–H groups in total. The number of hydrogen-bond acceptors (Lipinski definition) is 1. The van der Waals surface area contributed by atoms with E-state index in [9.17, 15) is 13.2 Å². The summed E-state index contributed by atoms with van der Waals surface area (Å²) in [5, 5.41) is 0. The Balaban J connectivity index is 2.45. The molecule has 0 fully saturated rings. The fraction of sp³-hybridized carbons (Fsp3) is 0.0714. The first-order valence-corrected chi connectivity index (χ1v) is 5.10. The highest BCUT2D eigenvalue weighted by atomic mass is 19.4. The number of hydrogen-bond donors (Lipinski definition) is 0. The molecule has 0 radical (unpaired) electrons. The lowest BCUT2D eigenvalue weighted by Gasteiger charge is -2.08.